The number of fused-ring (bicyclic) bond motifs is 5. The lowest BCUT2D eigenvalue weighted by molar-refractivity contribution is -0.182. The Hall–Kier alpha value is -1.96. The van der Waals surface area contributed by atoms with Crippen molar-refractivity contribution in [3.05, 3.63) is 23.8 Å². The van der Waals surface area contributed by atoms with Gasteiger partial charge in [0.15, 0.2) is 11.6 Å². The third kappa shape index (κ3) is 3.64. The Balaban J connectivity index is 1.81. The van der Waals surface area contributed by atoms with Gasteiger partial charge in [-0.2, -0.15) is 0 Å². The summed E-state index contributed by atoms with van der Waals surface area (Å²) in [6.07, 6.45) is 4.32. The van der Waals surface area contributed by atoms with Crippen LogP contribution in [0.15, 0.2) is 23.8 Å². The third-order valence-electron chi connectivity index (χ3n) is 11.0. The second-order valence-corrected chi connectivity index (χ2v) is 14.0. The summed E-state index contributed by atoms with van der Waals surface area (Å²) < 4.78 is 0. The first kappa shape index (κ1) is 28.1. The predicted octanol–water partition coefficient (Wildman–Crippen LogP) is 3.14. The van der Waals surface area contributed by atoms with E-state index in [1.807, 2.05) is 26.8 Å². The number of aliphatic hydroxyl groups excluding tert-OH is 1. The fourth-order valence-corrected chi connectivity index (χ4v) is 8.82. The second kappa shape index (κ2) is 8.03. The molecule has 37 heavy (non-hydrogen) atoms. The molecule has 7 heteroatoms. The summed E-state index contributed by atoms with van der Waals surface area (Å²) in [4.78, 5) is 52.9. The number of carbonyl (C=O) groups excluding carboxylic acids is 4. The lowest BCUT2D eigenvalue weighted by Gasteiger charge is -2.64. The first-order valence-corrected chi connectivity index (χ1v) is 13.3. The number of hydrogen-bond donors (Lipinski definition) is 3. The van der Waals surface area contributed by atoms with Crippen molar-refractivity contribution in [1.29, 1.82) is 0 Å². The van der Waals surface area contributed by atoms with Gasteiger partial charge in [0.1, 0.15) is 11.4 Å². The van der Waals surface area contributed by atoms with Crippen LogP contribution in [0.25, 0.3) is 0 Å². The molecule has 4 aliphatic carbocycles. The minimum atomic E-state index is -1.97. The molecule has 7 nitrogen and oxygen atoms in total. The first-order valence-electron chi connectivity index (χ1n) is 13.3. The van der Waals surface area contributed by atoms with Gasteiger partial charge in [0.2, 0.25) is 5.78 Å². The molecule has 3 saturated carbocycles. The quantitative estimate of drug-likeness (QED) is 0.299. The Morgan fingerprint density at radius 1 is 1.03 bits per heavy atom. The molecule has 0 bridgehead atoms. The fourth-order valence-electron chi connectivity index (χ4n) is 8.82. The highest BCUT2D eigenvalue weighted by Crippen LogP contribution is 2.73. The Morgan fingerprint density at radius 2 is 1.62 bits per heavy atom. The van der Waals surface area contributed by atoms with Crippen molar-refractivity contribution in [1.82, 2.24) is 0 Å². The van der Waals surface area contributed by atoms with Gasteiger partial charge in [0.25, 0.3) is 0 Å². The normalized spacial score (nSPS) is 43.1. The van der Waals surface area contributed by atoms with E-state index in [2.05, 4.69) is 0 Å². The molecule has 204 valence electrons. The first-order chi connectivity index (χ1) is 16.7. The third-order valence-corrected chi connectivity index (χ3v) is 11.0. The molecule has 0 aromatic carbocycles. The number of hydrogen-bond acceptors (Lipinski definition) is 7. The highest BCUT2D eigenvalue weighted by molar-refractivity contribution is 6.40. The van der Waals surface area contributed by atoms with Gasteiger partial charge in [0, 0.05) is 30.1 Å². The van der Waals surface area contributed by atoms with Gasteiger partial charge in [-0.25, -0.2) is 0 Å². The molecule has 3 N–H and O–H groups in total. The van der Waals surface area contributed by atoms with E-state index in [-0.39, 0.29) is 24.5 Å². The van der Waals surface area contributed by atoms with E-state index in [9.17, 15) is 34.5 Å². The van der Waals surface area contributed by atoms with Crippen LogP contribution in [0.4, 0.5) is 0 Å². The number of carbonyl (C=O) groups is 4. The molecule has 0 aromatic rings. The van der Waals surface area contributed by atoms with Crippen LogP contribution < -0.4 is 0 Å². The van der Waals surface area contributed by atoms with E-state index in [4.69, 9.17) is 0 Å². The minimum Gasteiger partial charge on any atom is -0.393 e. The maximum atomic E-state index is 14.2. The second-order valence-electron chi connectivity index (χ2n) is 14.0. The molecular formula is C30H42O7. The number of ketones is 4. The van der Waals surface area contributed by atoms with Gasteiger partial charge in [0.05, 0.1) is 17.1 Å². The zero-order chi connectivity index (χ0) is 28.1. The average Bonchev–Trinajstić information content (AvgIpc) is 2.96. The summed E-state index contributed by atoms with van der Waals surface area (Å²) in [6.45, 7) is 13.8. The molecule has 0 aromatic heterocycles. The smallest absolute Gasteiger partial charge is 0.207 e. The molecule has 3 fully saturated rings. The number of rotatable bonds is 4. The van der Waals surface area contributed by atoms with Crippen LogP contribution in [0.3, 0.4) is 0 Å². The zero-order valence-electron chi connectivity index (χ0n) is 23.3. The van der Waals surface area contributed by atoms with Gasteiger partial charge in [-0.3, -0.25) is 19.2 Å². The van der Waals surface area contributed by atoms with Gasteiger partial charge in [-0.15, -0.1) is 0 Å². The van der Waals surface area contributed by atoms with Gasteiger partial charge in [-0.05, 0) is 70.3 Å². The Kier molecular flexibility index (Phi) is 6.09. The van der Waals surface area contributed by atoms with E-state index in [0.29, 0.717) is 12.8 Å². The van der Waals surface area contributed by atoms with Crippen molar-refractivity contribution in [2.45, 2.75) is 98.4 Å². The Bertz CT molecular complexity index is 1140. The summed E-state index contributed by atoms with van der Waals surface area (Å²) in [5.74, 6) is -3.09. The molecule has 4 aliphatic rings. The summed E-state index contributed by atoms with van der Waals surface area (Å²) in [7, 11) is 0. The van der Waals surface area contributed by atoms with Crippen molar-refractivity contribution in [3.8, 4) is 0 Å². The van der Waals surface area contributed by atoms with Crippen LogP contribution in [-0.2, 0) is 19.2 Å². The molecular weight excluding hydrogens is 472 g/mol. The highest BCUT2D eigenvalue weighted by atomic mass is 16.3. The van der Waals surface area contributed by atoms with E-state index >= 15 is 0 Å². The van der Waals surface area contributed by atoms with Crippen molar-refractivity contribution in [3.63, 3.8) is 0 Å². The predicted molar refractivity (Wildman–Crippen MR) is 137 cm³/mol. The minimum absolute atomic E-state index is 0.00353. The molecule has 0 spiro atoms. The lowest BCUT2D eigenvalue weighted by atomic mass is 9.38. The highest BCUT2D eigenvalue weighted by Gasteiger charge is 2.74. The summed E-state index contributed by atoms with van der Waals surface area (Å²) >= 11 is 0. The summed E-state index contributed by atoms with van der Waals surface area (Å²) in [5.41, 5.74) is -5.75. The number of Topliss-reactive ketones (excluding diaryl/α,β-unsaturated/α-hetero) is 3. The number of allylic oxidation sites excluding steroid dienone is 2. The summed E-state index contributed by atoms with van der Waals surface area (Å²) in [5, 5.41) is 33.0. The number of aliphatic hydroxyl groups is 3. The van der Waals surface area contributed by atoms with Gasteiger partial charge < -0.3 is 15.3 Å². The fraction of sp³-hybridized carbons (Fsp3) is 0.733. The maximum Gasteiger partial charge on any atom is 0.207 e. The summed E-state index contributed by atoms with van der Waals surface area (Å²) in [6, 6.07) is 0. The van der Waals surface area contributed by atoms with Crippen molar-refractivity contribution < 1.29 is 34.5 Å². The SMILES string of the molecule is CC(C)(O)C=CC(=O)[C@](C)(O)[C@H]1[C@H](O)C[C@@]2(C)[C@@H]3CC=C4[C@@H](CC(=O)C(=O)C4(C)C)[C@]3(C)C(=O)C[C@]12C. The van der Waals surface area contributed by atoms with Crippen LogP contribution in [0.1, 0.15) is 81.1 Å². The zero-order valence-corrected chi connectivity index (χ0v) is 23.3. The monoisotopic (exact) mass is 514 g/mol. The Morgan fingerprint density at radius 3 is 2.19 bits per heavy atom. The molecule has 0 radical (unpaired) electrons. The van der Waals surface area contributed by atoms with E-state index in [1.165, 1.54) is 26.8 Å². The Labute approximate surface area is 219 Å². The molecule has 0 heterocycles. The van der Waals surface area contributed by atoms with E-state index < -0.39 is 68.2 Å². The molecule has 0 unspecified atom stereocenters. The molecule has 8 atom stereocenters. The van der Waals surface area contributed by atoms with E-state index in [0.717, 1.165) is 11.6 Å². The van der Waals surface area contributed by atoms with E-state index in [1.54, 1.807) is 13.8 Å². The lowest BCUT2D eigenvalue weighted by Crippen LogP contribution is -2.65. The van der Waals surface area contributed by atoms with Crippen LogP contribution in [0.2, 0.25) is 0 Å². The van der Waals surface area contributed by atoms with Crippen LogP contribution in [-0.4, -0.2) is 55.8 Å². The maximum absolute atomic E-state index is 14.2. The van der Waals surface area contributed by atoms with Crippen LogP contribution >= 0.6 is 0 Å². The van der Waals surface area contributed by atoms with Crippen LogP contribution in [0.5, 0.6) is 0 Å². The van der Waals surface area contributed by atoms with Crippen molar-refractivity contribution >= 4 is 23.1 Å². The van der Waals surface area contributed by atoms with Gasteiger partial charge >= 0.3 is 0 Å². The molecule has 4 rings (SSSR count). The average molecular weight is 515 g/mol. The van der Waals surface area contributed by atoms with Crippen molar-refractivity contribution in [2.24, 2.45) is 39.4 Å². The standard InChI is InChI=1S/C30H42O7/c1-25(2,36)12-11-21(33)30(8,37)23-19(32)14-27(5)20-10-9-16-17(13-18(31)24(35)26(16,3)4)29(20,7)22(34)15-28(23,27)6/h9,11-12,17,19-20,23,32,36-37H,10,13-15H2,1-8H3/t17-,19-,20+,23+,27+,28-,29+,30+/m1/s1. The van der Waals surface area contributed by atoms with Gasteiger partial charge in [-0.1, -0.05) is 38.5 Å². The van der Waals surface area contributed by atoms with Crippen LogP contribution in [0, 0.1) is 39.4 Å². The molecule has 0 saturated heterocycles. The molecule has 0 amide bonds. The molecule has 0 aliphatic heterocycles. The largest absolute Gasteiger partial charge is 0.393 e. The topological polar surface area (TPSA) is 129 Å². The van der Waals surface area contributed by atoms with Crippen molar-refractivity contribution in [2.75, 3.05) is 0 Å².